The van der Waals surface area contributed by atoms with Crippen LogP contribution in [0.5, 0.6) is 11.5 Å². The molecule has 0 spiro atoms. The van der Waals surface area contributed by atoms with Gasteiger partial charge in [-0.2, -0.15) is 0 Å². The molecule has 0 aliphatic carbocycles. The number of hydrogen-bond acceptors (Lipinski definition) is 7. The van der Waals surface area contributed by atoms with Crippen molar-refractivity contribution in [1.82, 2.24) is 4.98 Å². The molecule has 0 saturated carbocycles. The molecule has 0 aliphatic heterocycles. The van der Waals surface area contributed by atoms with Crippen LogP contribution in [0.4, 0.5) is 11.4 Å². The number of fused-ring (bicyclic) bond motifs is 1. The van der Waals surface area contributed by atoms with E-state index < -0.39 is 17.4 Å². The first kappa shape index (κ1) is 24.5. The zero-order chi connectivity index (χ0) is 25.2. The molecule has 0 saturated heterocycles. The van der Waals surface area contributed by atoms with Crippen molar-refractivity contribution in [2.45, 2.75) is 39.8 Å². The average molecular weight is 494 g/mol. The molecule has 2 aromatic carbocycles. The smallest absolute Gasteiger partial charge is 0.298 e. The second-order valence-corrected chi connectivity index (χ2v) is 12.3. The minimum atomic E-state index is -3.08. The number of aromatic nitrogens is 1. The van der Waals surface area contributed by atoms with Gasteiger partial charge in [-0.25, -0.2) is 4.74 Å². The largest absolute Gasteiger partial charge is 0.494 e. The number of para-hydroxylation sites is 1. The van der Waals surface area contributed by atoms with Crippen molar-refractivity contribution >= 4 is 35.1 Å². The van der Waals surface area contributed by atoms with Crippen molar-refractivity contribution in [3.8, 4) is 11.5 Å². The zero-order valence-corrected chi connectivity index (χ0v) is 21.3. The molecule has 2 aromatic heterocycles. The standard InChI is InChI=1S/C26H28N3O5P/c1-6-32-20-13-14-21(22(17-20)29(30)31)28-35(26(3,4)5,24-15-12-18(2)33-24)34-23-11-7-9-19-10-8-16-27-25(19)23/h7-17H,6H2,1-5H3. The van der Waals surface area contributed by atoms with Gasteiger partial charge >= 0.3 is 0 Å². The number of nitro benzene ring substituents is 1. The Morgan fingerprint density at radius 3 is 2.54 bits per heavy atom. The fraction of sp³-hybridized carbons (Fsp3) is 0.269. The SMILES string of the molecule is CCOc1ccc(N=P(Oc2cccc3cccnc23)(c2ccc(C)o2)C(C)(C)C)c([N+](=O)[O-])c1. The fourth-order valence-corrected chi connectivity index (χ4v) is 6.66. The summed E-state index contributed by atoms with van der Waals surface area (Å²) in [6, 6.07) is 17.9. The molecule has 1 unspecified atom stereocenters. The molecule has 1 atom stereocenters. The van der Waals surface area contributed by atoms with Crippen LogP contribution < -0.4 is 14.8 Å². The van der Waals surface area contributed by atoms with Crippen LogP contribution in [0.1, 0.15) is 33.5 Å². The Labute approximate surface area is 204 Å². The Morgan fingerprint density at radius 1 is 1.11 bits per heavy atom. The monoisotopic (exact) mass is 493 g/mol. The molecule has 0 bridgehead atoms. The maximum atomic E-state index is 12.0. The fourth-order valence-electron chi connectivity index (χ4n) is 3.75. The summed E-state index contributed by atoms with van der Waals surface area (Å²) >= 11 is 0. The lowest BCUT2D eigenvalue weighted by Gasteiger charge is -2.35. The van der Waals surface area contributed by atoms with Crippen LogP contribution in [0.25, 0.3) is 10.9 Å². The van der Waals surface area contributed by atoms with E-state index in [0.29, 0.717) is 34.9 Å². The lowest BCUT2D eigenvalue weighted by atomic mass is 10.2. The maximum absolute atomic E-state index is 12.0. The summed E-state index contributed by atoms with van der Waals surface area (Å²) in [5.74, 6) is 1.65. The van der Waals surface area contributed by atoms with E-state index >= 15 is 0 Å². The molecule has 9 heteroatoms. The van der Waals surface area contributed by atoms with E-state index in [2.05, 4.69) is 4.98 Å². The first-order valence-corrected chi connectivity index (χ1v) is 12.9. The lowest BCUT2D eigenvalue weighted by Crippen LogP contribution is -2.26. The Bertz CT molecular complexity index is 1430. The number of nitrogens with zero attached hydrogens (tertiary/aromatic N) is 3. The summed E-state index contributed by atoms with van der Waals surface area (Å²) in [6.45, 7) is 10.1. The summed E-state index contributed by atoms with van der Waals surface area (Å²) in [4.78, 5) is 16.1. The van der Waals surface area contributed by atoms with Crippen molar-refractivity contribution in [1.29, 1.82) is 0 Å². The van der Waals surface area contributed by atoms with Gasteiger partial charge in [0.2, 0.25) is 7.28 Å². The molecule has 35 heavy (non-hydrogen) atoms. The van der Waals surface area contributed by atoms with E-state index in [-0.39, 0.29) is 11.4 Å². The van der Waals surface area contributed by atoms with Gasteiger partial charge in [0.15, 0.2) is 11.3 Å². The first-order valence-electron chi connectivity index (χ1n) is 11.3. The number of hydrogen-bond donors (Lipinski definition) is 0. The Hall–Kier alpha value is -3.64. The predicted octanol–water partition coefficient (Wildman–Crippen LogP) is 7.39. The van der Waals surface area contributed by atoms with E-state index in [9.17, 15) is 10.1 Å². The topological polar surface area (TPSA) is 100.0 Å². The van der Waals surface area contributed by atoms with E-state index in [4.69, 9.17) is 18.4 Å². The maximum Gasteiger partial charge on any atom is 0.298 e. The highest BCUT2D eigenvalue weighted by Crippen LogP contribution is 2.63. The van der Waals surface area contributed by atoms with Crippen LogP contribution in [0, 0.1) is 17.0 Å². The van der Waals surface area contributed by atoms with Crippen LogP contribution in [-0.4, -0.2) is 21.7 Å². The van der Waals surface area contributed by atoms with Crippen LogP contribution in [0.15, 0.2) is 76.0 Å². The normalized spacial score (nSPS) is 13.3. The highest BCUT2D eigenvalue weighted by atomic mass is 31.2. The van der Waals surface area contributed by atoms with E-state index in [1.807, 2.05) is 77.1 Å². The summed E-state index contributed by atoms with van der Waals surface area (Å²) in [5, 5.41) is 12.3. The zero-order valence-electron chi connectivity index (χ0n) is 20.4. The molecular weight excluding hydrogens is 465 g/mol. The molecule has 4 aromatic rings. The molecule has 182 valence electrons. The minimum absolute atomic E-state index is 0.160. The number of pyridine rings is 1. The summed E-state index contributed by atoms with van der Waals surface area (Å²) in [7, 11) is -3.08. The third-order valence-electron chi connectivity index (χ3n) is 5.46. The number of nitro groups is 1. The number of furan rings is 1. The first-order chi connectivity index (χ1) is 16.6. The predicted molar refractivity (Wildman–Crippen MR) is 138 cm³/mol. The van der Waals surface area contributed by atoms with Crippen LogP contribution in [0.2, 0.25) is 0 Å². The summed E-state index contributed by atoms with van der Waals surface area (Å²) < 4.78 is 23.5. The molecule has 0 amide bonds. The van der Waals surface area contributed by atoms with Gasteiger partial charge in [-0.3, -0.25) is 15.1 Å². The van der Waals surface area contributed by atoms with Crippen LogP contribution in [0.3, 0.4) is 0 Å². The molecule has 8 nitrogen and oxygen atoms in total. The van der Waals surface area contributed by atoms with Gasteiger partial charge in [0.25, 0.3) is 5.69 Å². The Kier molecular flexibility index (Phi) is 6.68. The van der Waals surface area contributed by atoms with E-state index in [1.54, 1.807) is 18.3 Å². The summed E-state index contributed by atoms with van der Waals surface area (Å²) in [6.07, 6.45) is 1.71. The van der Waals surface area contributed by atoms with Crippen LogP contribution >= 0.6 is 7.28 Å². The van der Waals surface area contributed by atoms with Gasteiger partial charge < -0.3 is 13.7 Å². The number of aryl methyl sites for hydroxylation is 1. The Morgan fingerprint density at radius 2 is 1.89 bits per heavy atom. The third-order valence-corrected chi connectivity index (χ3v) is 9.08. The molecule has 0 aliphatic rings. The van der Waals surface area contributed by atoms with Crippen molar-refractivity contribution < 1.29 is 18.6 Å². The molecule has 0 N–H and O–H groups in total. The van der Waals surface area contributed by atoms with Gasteiger partial charge in [0, 0.05) is 16.7 Å². The van der Waals surface area contributed by atoms with Gasteiger partial charge in [0.1, 0.15) is 22.7 Å². The second kappa shape index (κ2) is 9.55. The highest BCUT2D eigenvalue weighted by Gasteiger charge is 2.42. The van der Waals surface area contributed by atoms with Crippen LogP contribution in [-0.2, 0) is 0 Å². The molecule has 4 rings (SSSR count). The number of benzene rings is 2. The third kappa shape index (κ3) is 4.80. The minimum Gasteiger partial charge on any atom is -0.494 e. The molecule has 0 fully saturated rings. The van der Waals surface area contributed by atoms with E-state index in [0.717, 1.165) is 5.39 Å². The van der Waals surface area contributed by atoms with E-state index in [1.165, 1.54) is 6.07 Å². The number of ether oxygens (including phenoxy) is 1. The Balaban J connectivity index is 2.04. The number of rotatable bonds is 7. The van der Waals surface area contributed by atoms with Crippen molar-refractivity contribution in [2.24, 2.45) is 4.74 Å². The lowest BCUT2D eigenvalue weighted by molar-refractivity contribution is -0.384. The summed E-state index contributed by atoms with van der Waals surface area (Å²) in [5.41, 5.74) is 1.26. The van der Waals surface area contributed by atoms with Gasteiger partial charge in [-0.1, -0.05) is 39.0 Å². The quantitative estimate of drug-likeness (QED) is 0.151. The second-order valence-electron chi connectivity index (χ2n) is 8.99. The van der Waals surface area contributed by atoms with Gasteiger partial charge in [-0.05, 0) is 50.2 Å². The van der Waals surface area contributed by atoms with Crippen molar-refractivity contribution in [3.63, 3.8) is 0 Å². The average Bonchev–Trinajstić information content (AvgIpc) is 3.25. The molecule has 2 heterocycles. The molecule has 0 radical (unpaired) electrons. The molecular formula is C26H28N3O5P. The van der Waals surface area contributed by atoms with Crippen molar-refractivity contribution in [3.05, 3.63) is 82.7 Å². The van der Waals surface area contributed by atoms with Gasteiger partial charge in [0.05, 0.1) is 17.6 Å². The van der Waals surface area contributed by atoms with Gasteiger partial charge in [-0.15, -0.1) is 0 Å². The highest BCUT2D eigenvalue weighted by molar-refractivity contribution is 7.70. The van der Waals surface area contributed by atoms with Crippen molar-refractivity contribution in [2.75, 3.05) is 6.61 Å².